The molecule has 0 amide bonds. The number of nitrogens with zero attached hydrogens (tertiary/aromatic N) is 1. The van der Waals surface area contributed by atoms with Crippen molar-refractivity contribution in [2.75, 3.05) is 4.90 Å². The van der Waals surface area contributed by atoms with E-state index in [2.05, 4.69) is 314 Å². The first-order valence-electron chi connectivity index (χ1n) is 25.8. The minimum absolute atomic E-state index is 1.06. The molecule has 0 aliphatic heterocycles. The normalized spacial score (nSPS) is 11.2. The highest BCUT2D eigenvalue weighted by molar-refractivity contribution is 6.25. The van der Waals surface area contributed by atoms with Gasteiger partial charge < -0.3 is 4.90 Å². The zero-order chi connectivity index (χ0) is 49.9. The van der Waals surface area contributed by atoms with Crippen molar-refractivity contribution in [2.45, 2.75) is 0 Å². The average molecular weight is 954 g/mol. The van der Waals surface area contributed by atoms with Crippen LogP contribution in [0.15, 0.2) is 309 Å². The summed E-state index contributed by atoms with van der Waals surface area (Å²) in [5.74, 6) is 0. The summed E-state index contributed by atoms with van der Waals surface area (Å²) in [4.78, 5) is 2.43. The van der Waals surface area contributed by atoms with Gasteiger partial charge in [-0.05, 0) is 147 Å². The zero-order valence-electron chi connectivity index (χ0n) is 41.4. The van der Waals surface area contributed by atoms with E-state index in [1.807, 2.05) is 0 Å². The first-order chi connectivity index (χ1) is 37.2. The zero-order valence-corrected chi connectivity index (χ0v) is 41.4. The van der Waals surface area contributed by atoms with E-state index >= 15 is 0 Å². The Morgan fingerprint density at radius 1 is 0.187 bits per heavy atom. The second kappa shape index (κ2) is 20.0. The van der Waals surface area contributed by atoms with Gasteiger partial charge in [0.2, 0.25) is 0 Å². The Hall–Kier alpha value is -9.82. The summed E-state index contributed by atoms with van der Waals surface area (Å²) in [7, 11) is 0. The smallest absolute Gasteiger partial charge is 0.0540 e. The Labute approximate surface area is 439 Å². The molecule has 0 saturated heterocycles. The van der Waals surface area contributed by atoms with Crippen LogP contribution in [0.5, 0.6) is 0 Å². The van der Waals surface area contributed by atoms with Crippen molar-refractivity contribution in [3.63, 3.8) is 0 Å². The maximum Gasteiger partial charge on any atom is 0.0540 e. The van der Waals surface area contributed by atoms with Gasteiger partial charge >= 0.3 is 0 Å². The lowest BCUT2D eigenvalue weighted by atomic mass is 9.82. The second-order valence-electron chi connectivity index (χ2n) is 19.1. The molecular weight excluding hydrogens is 903 g/mol. The molecule has 13 rings (SSSR count). The summed E-state index contributed by atoms with van der Waals surface area (Å²) in [6, 6.07) is 113. The lowest BCUT2D eigenvalue weighted by Gasteiger charge is -2.29. The van der Waals surface area contributed by atoms with Crippen LogP contribution in [0.2, 0.25) is 0 Å². The van der Waals surface area contributed by atoms with E-state index in [0.29, 0.717) is 0 Å². The van der Waals surface area contributed by atoms with Gasteiger partial charge in [-0.25, -0.2) is 0 Å². The maximum absolute atomic E-state index is 2.43. The highest BCUT2D eigenvalue weighted by Crippen LogP contribution is 2.49. The van der Waals surface area contributed by atoms with E-state index in [1.165, 1.54) is 88.3 Å². The molecule has 0 atom stereocenters. The van der Waals surface area contributed by atoms with Gasteiger partial charge in [0.05, 0.1) is 5.69 Å². The van der Waals surface area contributed by atoms with Gasteiger partial charge in [0, 0.05) is 16.9 Å². The van der Waals surface area contributed by atoms with Gasteiger partial charge in [-0.1, -0.05) is 267 Å². The predicted octanol–water partition coefficient (Wildman–Crippen LogP) is 20.8. The molecule has 0 fully saturated rings. The SMILES string of the molecule is c1ccc(-c2ccc(N(c3ccc(-c4ccc(-c5ccccc5)c(-c5ccccc5)c4)cc3)c3ccc(-c4cccc5c4c(-c4ccccc4)c(-c4ccccc4)c4ccccc45)cc3)c(-c3ccccc3)c2)cc1. The molecule has 1 heteroatoms. The topological polar surface area (TPSA) is 3.24 Å². The van der Waals surface area contributed by atoms with Crippen LogP contribution in [0.1, 0.15) is 0 Å². The average Bonchev–Trinajstić information content (AvgIpc) is 3.52. The van der Waals surface area contributed by atoms with Gasteiger partial charge in [0.1, 0.15) is 0 Å². The third-order valence-electron chi connectivity index (χ3n) is 14.7. The number of hydrogen-bond acceptors (Lipinski definition) is 1. The van der Waals surface area contributed by atoms with Crippen molar-refractivity contribution in [1.82, 2.24) is 0 Å². The van der Waals surface area contributed by atoms with E-state index in [4.69, 9.17) is 0 Å². The predicted molar refractivity (Wildman–Crippen MR) is 320 cm³/mol. The number of benzene rings is 13. The van der Waals surface area contributed by atoms with Crippen LogP contribution < -0.4 is 4.90 Å². The lowest BCUT2D eigenvalue weighted by Crippen LogP contribution is -2.11. The van der Waals surface area contributed by atoms with Gasteiger partial charge in [0.15, 0.2) is 0 Å². The number of fused-ring (bicyclic) bond motifs is 3. The van der Waals surface area contributed by atoms with E-state index in [9.17, 15) is 0 Å². The van der Waals surface area contributed by atoms with Crippen LogP contribution in [-0.4, -0.2) is 0 Å². The van der Waals surface area contributed by atoms with Crippen molar-refractivity contribution < 1.29 is 0 Å². The van der Waals surface area contributed by atoms with Crippen LogP contribution in [0, 0.1) is 0 Å². The molecule has 352 valence electrons. The Morgan fingerprint density at radius 2 is 0.560 bits per heavy atom. The third-order valence-corrected chi connectivity index (χ3v) is 14.7. The number of hydrogen-bond donors (Lipinski definition) is 0. The van der Waals surface area contributed by atoms with Crippen LogP contribution in [0.4, 0.5) is 17.1 Å². The Morgan fingerprint density at radius 3 is 1.12 bits per heavy atom. The minimum Gasteiger partial charge on any atom is -0.310 e. The Kier molecular flexibility index (Phi) is 12.0. The Bertz CT molecular complexity index is 4100. The van der Waals surface area contributed by atoms with Crippen LogP contribution in [0.25, 0.3) is 111 Å². The first-order valence-corrected chi connectivity index (χ1v) is 25.8. The van der Waals surface area contributed by atoms with Crippen molar-refractivity contribution >= 4 is 38.6 Å². The molecule has 1 nitrogen and oxygen atoms in total. The molecular formula is C74H51N. The van der Waals surface area contributed by atoms with E-state index < -0.39 is 0 Å². The molecule has 13 aromatic carbocycles. The molecule has 0 heterocycles. The summed E-state index contributed by atoms with van der Waals surface area (Å²) in [5.41, 5.74) is 22.3. The van der Waals surface area contributed by atoms with Crippen molar-refractivity contribution in [1.29, 1.82) is 0 Å². The molecule has 0 bridgehead atoms. The summed E-state index contributed by atoms with van der Waals surface area (Å²) in [6.07, 6.45) is 0. The molecule has 0 unspecified atom stereocenters. The van der Waals surface area contributed by atoms with Gasteiger partial charge in [0.25, 0.3) is 0 Å². The van der Waals surface area contributed by atoms with Crippen molar-refractivity contribution in [3.8, 4) is 89.0 Å². The van der Waals surface area contributed by atoms with Crippen LogP contribution in [-0.2, 0) is 0 Å². The van der Waals surface area contributed by atoms with Crippen LogP contribution >= 0.6 is 0 Å². The van der Waals surface area contributed by atoms with E-state index in [0.717, 1.165) is 39.3 Å². The van der Waals surface area contributed by atoms with Crippen LogP contribution in [0.3, 0.4) is 0 Å². The third kappa shape index (κ3) is 8.67. The first kappa shape index (κ1) is 45.1. The molecule has 0 aliphatic carbocycles. The molecule has 75 heavy (non-hydrogen) atoms. The van der Waals surface area contributed by atoms with Gasteiger partial charge in [-0.3, -0.25) is 0 Å². The van der Waals surface area contributed by atoms with Gasteiger partial charge in [-0.15, -0.1) is 0 Å². The highest BCUT2D eigenvalue weighted by atomic mass is 15.1. The molecule has 0 aromatic heterocycles. The second-order valence-corrected chi connectivity index (χ2v) is 19.1. The molecule has 0 spiro atoms. The molecule has 0 N–H and O–H groups in total. The fourth-order valence-corrected chi connectivity index (χ4v) is 11.1. The van der Waals surface area contributed by atoms with E-state index in [1.54, 1.807) is 0 Å². The highest BCUT2D eigenvalue weighted by Gasteiger charge is 2.23. The fraction of sp³-hybridized carbons (Fsp3) is 0. The molecule has 0 aliphatic rings. The molecule has 13 aromatic rings. The molecule has 0 saturated carbocycles. The largest absolute Gasteiger partial charge is 0.310 e. The lowest BCUT2D eigenvalue weighted by molar-refractivity contribution is 1.28. The minimum atomic E-state index is 1.06. The van der Waals surface area contributed by atoms with Crippen molar-refractivity contribution in [2.24, 2.45) is 0 Å². The van der Waals surface area contributed by atoms with E-state index in [-0.39, 0.29) is 0 Å². The maximum atomic E-state index is 2.43. The molecule has 0 radical (unpaired) electrons. The summed E-state index contributed by atoms with van der Waals surface area (Å²) in [5, 5.41) is 4.98. The quantitative estimate of drug-likeness (QED) is 0.117. The number of anilines is 3. The fourth-order valence-electron chi connectivity index (χ4n) is 11.1. The summed E-state index contributed by atoms with van der Waals surface area (Å²) >= 11 is 0. The summed E-state index contributed by atoms with van der Waals surface area (Å²) in [6.45, 7) is 0. The summed E-state index contributed by atoms with van der Waals surface area (Å²) < 4.78 is 0. The number of rotatable bonds is 11. The van der Waals surface area contributed by atoms with Gasteiger partial charge in [-0.2, -0.15) is 0 Å². The standard InChI is InChI=1S/C74H51N/c1-7-22-52(23-8-1)61-43-49-71(70(51-61)56-28-13-4-14-29-56)75(62-44-38-53(39-45-62)60-42-48-64(54-24-9-2-10-25-54)69(50-60)55-26-11-3-12-27-55)63-46-40-57(41-47-63)65-36-21-37-68-66-34-19-20-35-67(66)72(58-30-15-5-16-31-58)73(74(65)68)59-32-17-6-18-33-59/h1-51H. The Balaban J connectivity index is 0.981. The van der Waals surface area contributed by atoms with Crippen molar-refractivity contribution in [3.05, 3.63) is 309 Å². The monoisotopic (exact) mass is 953 g/mol.